The van der Waals surface area contributed by atoms with E-state index in [0.29, 0.717) is 4.90 Å². The maximum absolute atomic E-state index is 12.1. The predicted molar refractivity (Wildman–Crippen MR) is 74.3 cm³/mol. The highest BCUT2D eigenvalue weighted by Crippen LogP contribution is 2.27. The van der Waals surface area contributed by atoms with Crippen molar-refractivity contribution in [1.82, 2.24) is 0 Å². The van der Waals surface area contributed by atoms with E-state index < -0.39 is 23.0 Å². The van der Waals surface area contributed by atoms with Crippen molar-refractivity contribution in [2.75, 3.05) is 6.26 Å². The summed E-state index contributed by atoms with van der Waals surface area (Å²) >= 11 is 1.34. The molecule has 2 unspecified atom stereocenters. The lowest BCUT2D eigenvalue weighted by Crippen LogP contribution is -2.23. The molecule has 0 aliphatic carbocycles. The van der Waals surface area contributed by atoms with Gasteiger partial charge in [0.1, 0.15) is 11.7 Å². The highest BCUT2D eigenvalue weighted by Gasteiger charge is 2.36. The zero-order valence-electron chi connectivity index (χ0n) is 11.4. The fourth-order valence-electron chi connectivity index (χ4n) is 1.97. The van der Waals surface area contributed by atoms with Gasteiger partial charge in [0.15, 0.2) is 0 Å². The van der Waals surface area contributed by atoms with E-state index in [1.54, 1.807) is 19.2 Å². The van der Waals surface area contributed by atoms with E-state index in [0.717, 1.165) is 0 Å². The quantitative estimate of drug-likeness (QED) is 0.364. The van der Waals surface area contributed by atoms with Crippen molar-refractivity contribution in [2.45, 2.75) is 30.4 Å². The van der Waals surface area contributed by atoms with Crippen LogP contribution in [0, 0.1) is 10.1 Å². The minimum atomic E-state index is -1.01. The summed E-state index contributed by atoms with van der Waals surface area (Å²) in [5.74, 6) is -1.52. The molecule has 0 radical (unpaired) electrons. The normalized spacial score (nSPS) is 21.0. The van der Waals surface area contributed by atoms with Crippen LogP contribution in [0.2, 0.25) is 0 Å². The van der Waals surface area contributed by atoms with Crippen LogP contribution < -0.4 is 0 Å². The molecule has 1 aliphatic heterocycles. The van der Waals surface area contributed by atoms with Gasteiger partial charge in [-0.3, -0.25) is 10.1 Å². The van der Waals surface area contributed by atoms with Gasteiger partial charge >= 0.3 is 11.9 Å². The van der Waals surface area contributed by atoms with Gasteiger partial charge in [-0.2, -0.15) is 0 Å². The Balaban J connectivity index is 2.25. The number of nitrogens with zero attached hydrogens (tertiary/aromatic N) is 1. The molecular formula is C13H13NO6S. The molecule has 0 aromatic heterocycles. The van der Waals surface area contributed by atoms with Gasteiger partial charge in [0.25, 0.3) is 5.69 Å². The second-order valence-electron chi connectivity index (χ2n) is 4.52. The third-order valence-electron chi connectivity index (χ3n) is 3.00. The summed E-state index contributed by atoms with van der Waals surface area (Å²) in [5, 5.41) is 11.0. The van der Waals surface area contributed by atoms with Crippen molar-refractivity contribution in [2.24, 2.45) is 0 Å². The van der Waals surface area contributed by atoms with E-state index in [-0.39, 0.29) is 23.8 Å². The van der Waals surface area contributed by atoms with Crippen LogP contribution in [0.5, 0.6) is 0 Å². The van der Waals surface area contributed by atoms with Crippen molar-refractivity contribution in [3.05, 3.63) is 33.9 Å². The van der Waals surface area contributed by atoms with Crippen LogP contribution >= 0.6 is 11.8 Å². The smallest absolute Gasteiger partial charge is 0.347 e. The SMILES string of the molecule is CSc1ccc([N+](=O)[O-])c(C(=O)OC2CC(C)OC2=O)c1. The lowest BCUT2D eigenvalue weighted by atomic mass is 10.1. The van der Waals surface area contributed by atoms with Gasteiger partial charge in [0, 0.05) is 17.4 Å². The van der Waals surface area contributed by atoms with Crippen molar-refractivity contribution >= 4 is 29.4 Å². The molecule has 0 spiro atoms. The number of carbonyl (C=O) groups excluding carboxylic acids is 2. The third-order valence-corrected chi connectivity index (χ3v) is 3.72. The van der Waals surface area contributed by atoms with Crippen LogP contribution in [-0.2, 0) is 14.3 Å². The van der Waals surface area contributed by atoms with E-state index in [1.165, 1.54) is 23.9 Å². The number of hydrogen-bond donors (Lipinski definition) is 0. The molecule has 1 aromatic carbocycles. The van der Waals surface area contributed by atoms with E-state index in [1.807, 2.05) is 0 Å². The average molecular weight is 311 g/mol. The van der Waals surface area contributed by atoms with Gasteiger partial charge in [0.2, 0.25) is 6.10 Å². The highest BCUT2D eigenvalue weighted by molar-refractivity contribution is 7.98. The second-order valence-corrected chi connectivity index (χ2v) is 5.40. The van der Waals surface area contributed by atoms with Crippen LogP contribution in [0.1, 0.15) is 23.7 Å². The number of cyclic esters (lactones) is 1. The molecule has 8 heteroatoms. The van der Waals surface area contributed by atoms with Crippen LogP contribution in [0.25, 0.3) is 0 Å². The third kappa shape index (κ3) is 3.33. The number of nitro benzene ring substituents is 1. The number of nitro groups is 1. The molecule has 1 heterocycles. The average Bonchev–Trinajstić information content (AvgIpc) is 2.75. The maximum atomic E-state index is 12.1. The minimum Gasteiger partial charge on any atom is -0.460 e. The number of carbonyl (C=O) groups is 2. The summed E-state index contributed by atoms with van der Waals surface area (Å²) in [6, 6.07) is 4.18. The molecule has 0 saturated carbocycles. The van der Waals surface area contributed by atoms with Crippen LogP contribution in [-0.4, -0.2) is 35.3 Å². The number of benzene rings is 1. The standard InChI is InChI=1S/C13H13NO6S/c1-7-5-11(13(16)19-7)20-12(15)9-6-8(21-2)3-4-10(9)14(17)18/h3-4,6-7,11H,5H2,1-2H3. The molecule has 1 aromatic rings. The zero-order chi connectivity index (χ0) is 15.6. The Kier molecular flexibility index (Phi) is 4.46. The molecule has 0 bridgehead atoms. The number of hydrogen-bond acceptors (Lipinski definition) is 7. The first kappa shape index (κ1) is 15.3. The van der Waals surface area contributed by atoms with Crippen molar-refractivity contribution in [3.63, 3.8) is 0 Å². The maximum Gasteiger partial charge on any atom is 0.347 e. The predicted octanol–water partition coefficient (Wildman–Crippen LogP) is 2.18. The summed E-state index contributed by atoms with van der Waals surface area (Å²) in [6.07, 6.45) is 0.695. The van der Waals surface area contributed by atoms with Crippen LogP contribution in [0.3, 0.4) is 0 Å². The molecule has 1 saturated heterocycles. The fourth-order valence-corrected chi connectivity index (χ4v) is 2.41. The fraction of sp³-hybridized carbons (Fsp3) is 0.385. The van der Waals surface area contributed by atoms with Gasteiger partial charge in [-0.15, -0.1) is 11.8 Å². The summed E-state index contributed by atoms with van der Waals surface area (Å²) in [5.41, 5.74) is -0.517. The molecule has 1 fully saturated rings. The van der Waals surface area contributed by atoms with Crippen LogP contribution in [0.4, 0.5) is 5.69 Å². The minimum absolute atomic E-state index is 0.167. The van der Waals surface area contributed by atoms with Crippen molar-refractivity contribution in [1.29, 1.82) is 0 Å². The first-order chi connectivity index (χ1) is 9.92. The molecule has 21 heavy (non-hydrogen) atoms. The number of thioether (sulfide) groups is 1. The summed E-state index contributed by atoms with van der Waals surface area (Å²) in [6.45, 7) is 1.68. The largest absolute Gasteiger partial charge is 0.460 e. The van der Waals surface area contributed by atoms with Gasteiger partial charge < -0.3 is 9.47 Å². The molecular weight excluding hydrogens is 298 g/mol. The molecule has 112 valence electrons. The Hall–Kier alpha value is -2.09. The lowest BCUT2D eigenvalue weighted by Gasteiger charge is -2.09. The van der Waals surface area contributed by atoms with E-state index >= 15 is 0 Å². The lowest BCUT2D eigenvalue weighted by molar-refractivity contribution is -0.385. The molecule has 0 N–H and O–H groups in total. The number of ether oxygens (including phenoxy) is 2. The molecule has 2 rings (SSSR count). The topological polar surface area (TPSA) is 95.7 Å². The summed E-state index contributed by atoms with van der Waals surface area (Å²) in [7, 11) is 0. The molecule has 0 amide bonds. The van der Waals surface area contributed by atoms with Crippen LogP contribution in [0.15, 0.2) is 23.1 Å². The van der Waals surface area contributed by atoms with Crippen molar-refractivity contribution in [3.8, 4) is 0 Å². The summed E-state index contributed by atoms with van der Waals surface area (Å²) < 4.78 is 9.92. The first-order valence-corrected chi connectivity index (χ1v) is 7.38. The molecule has 1 aliphatic rings. The van der Waals surface area contributed by atoms with Crippen molar-refractivity contribution < 1.29 is 24.0 Å². The van der Waals surface area contributed by atoms with E-state index in [2.05, 4.69) is 0 Å². The number of rotatable bonds is 4. The van der Waals surface area contributed by atoms with Gasteiger partial charge in [-0.05, 0) is 25.3 Å². The Labute approximate surface area is 124 Å². The Morgan fingerprint density at radius 2 is 2.24 bits per heavy atom. The number of esters is 2. The molecule has 7 nitrogen and oxygen atoms in total. The Morgan fingerprint density at radius 3 is 2.76 bits per heavy atom. The van der Waals surface area contributed by atoms with E-state index in [4.69, 9.17) is 9.47 Å². The first-order valence-electron chi connectivity index (χ1n) is 6.16. The second kappa shape index (κ2) is 6.13. The van der Waals surface area contributed by atoms with Gasteiger partial charge in [0.05, 0.1) is 4.92 Å². The highest BCUT2D eigenvalue weighted by atomic mass is 32.2. The Bertz CT molecular complexity index is 602. The van der Waals surface area contributed by atoms with Gasteiger partial charge in [-0.25, -0.2) is 9.59 Å². The van der Waals surface area contributed by atoms with Gasteiger partial charge in [-0.1, -0.05) is 0 Å². The zero-order valence-corrected chi connectivity index (χ0v) is 12.2. The monoisotopic (exact) mass is 311 g/mol. The molecule has 2 atom stereocenters. The Morgan fingerprint density at radius 1 is 1.52 bits per heavy atom. The summed E-state index contributed by atoms with van der Waals surface area (Å²) in [4.78, 5) is 34.6. The van der Waals surface area contributed by atoms with E-state index in [9.17, 15) is 19.7 Å².